The molecule has 0 atom stereocenters. The maximum atomic E-state index is 12.6. The van der Waals surface area contributed by atoms with Gasteiger partial charge < -0.3 is 4.84 Å². The topological polar surface area (TPSA) is 21.6 Å². The summed E-state index contributed by atoms with van der Waals surface area (Å²) in [5, 5.41) is 3.55. The van der Waals surface area contributed by atoms with Crippen LogP contribution in [0, 0.1) is 5.82 Å². The van der Waals surface area contributed by atoms with Crippen LogP contribution in [-0.2, 0) is 11.4 Å². The largest absolute Gasteiger partial charge is 0.391 e. The van der Waals surface area contributed by atoms with Crippen LogP contribution in [0.5, 0.6) is 0 Å². The summed E-state index contributed by atoms with van der Waals surface area (Å²) in [5.74, 6) is -0.253. The Balaban J connectivity index is 2.52. The zero-order valence-electron chi connectivity index (χ0n) is 6.83. The SMILES string of the molecule is C/C=N/OCc1cccc(F)c1. The van der Waals surface area contributed by atoms with Crippen LogP contribution in [0.4, 0.5) is 4.39 Å². The lowest BCUT2D eigenvalue weighted by atomic mass is 10.2. The molecule has 0 saturated heterocycles. The van der Waals surface area contributed by atoms with Gasteiger partial charge in [0.1, 0.15) is 12.4 Å². The summed E-state index contributed by atoms with van der Waals surface area (Å²) in [4.78, 5) is 4.83. The average molecular weight is 167 g/mol. The number of hydrogen-bond donors (Lipinski definition) is 0. The molecule has 1 rings (SSSR count). The molecule has 0 aliphatic rings. The molecular formula is C9H10FNO. The Labute approximate surface area is 70.7 Å². The Bertz CT molecular complexity index is 273. The lowest BCUT2D eigenvalue weighted by molar-refractivity contribution is 0.131. The molecule has 0 N–H and O–H groups in total. The second-order valence-electron chi connectivity index (χ2n) is 2.27. The van der Waals surface area contributed by atoms with E-state index >= 15 is 0 Å². The van der Waals surface area contributed by atoms with Gasteiger partial charge in [-0.25, -0.2) is 4.39 Å². The van der Waals surface area contributed by atoms with E-state index in [4.69, 9.17) is 4.84 Å². The van der Waals surface area contributed by atoms with Crippen molar-refractivity contribution in [2.45, 2.75) is 13.5 Å². The van der Waals surface area contributed by atoms with Crippen molar-refractivity contribution in [3.63, 3.8) is 0 Å². The van der Waals surface area contributed by atoms with Gasteiger partial charge in [-0.15, -0.1) is 0 Å². The van der Waals surface area contributed by atoms with Crippen molar-refractivity contribution >= 4 is 6.21 Å². The van der Waals surface area contributed by atoms with Gasteiger partial charge in [0.15, 0.2) is 0 Å². The minimum absolute atomic E-state index is 0.253. The molecule has 0 aliphatic heterocycles. The van der Waals surface area contributed by atoms with Crippen LogP contribution >= 0.6 is 0 Å². The number of rotatable bonds is 3. The van der Waals surface area contributed by atoms with Gasteiger partial charge in [0.25, 0.3) is 0 Å². The molecule has 0 aliphatic carbocycles. The van der Waals surface area contributed by atoms with Gasteiger partial charge in [-0.3, -0.25) is 0 Å². The van der Waals surface area contributed by atoms with E-state index in [2.05, 4.69) is 5.16 Å². The zero-order valence-corrected chi connectivity index (χ0v) is 6.83. The van der Waals surface area contributed by atoms with E-state index in [9.17, 15) is 4.39 Å². The highest BCUT2D eigenvalue weighted by Crippen LogP contribution is 2.04. The van der Waals surface area contributed by atoms with E-state index in [0.29, 0.717) is 6.61 Å². The van der Waals surface area contributed by atoms with Gasteiger partial charge >= 0.3 is 0 Å². The molecule has 0 saturated carbocycles. The second kappa shape index (κ2) is 4.49. The number of nitrogens with zero attached hydrogens (tertiary/aromatic N) is 1. The minimum Gasteiger partial charge on any atom is -0.391 e. The predicted octanol–water partition coefficient (Wildman–Crippen LogP) is 2.35. The molecule has 2 nitrogen and oxygen atoms in total. The molecule has 0 heterocycles. The van der Waals surface area contributed by atoms with Gasteiger partial charge in [0, 0.05) is 6.21 Å². The molecule has 0 unspecified atom stereocenters. The first kappa shape index (κ1) is 8.71. The number of oxime groups is 1. The fourth-order valence-corrected chi connectivity index (χ4v) is 0.813. The smallest absolute Gasteiger partial charge is 0.142 e. The van der Waals surface area contributed by atoms with Gasteiger partial charge in [-0.2, -0.15) is 0 Å². The third-order valence-corrected chi connectivity index (χ3v) is 1.30. The van der Waals surface area contributed by atoms with Gasteiger partial charge in [0.2, 0.25) is 0 Å². The quantitative estimate of drug-likeness (QED) is 0.500. The lowest BCUT2D eigenvalue weighted by Crippen LogP contribution is -1.87. The number of hydrogen-bond acceptors (Lipinski definition) is 2. The summed E-state index contributed by atoms with van der Waals surface area (Å²) in [6, 6.07) is 6.25. The Hall–Kier alpha value is -1.38. The Morgan fingerprint density at radius 2 is 2.42 bits per heavy atom. The number of halogens is 1. The Morgan fingerprint density at radius 3 is 3.08 bits per heavy atom. The summed E-state index contributed by atoms with van der Waals surface area (Å²) in [6.45, 7) is 2.06. The van der Waals surface area contributed by atoms with Crippen LogP contribution in [0.1, 0.15) is 12.5 Å². The maximum absolute atomic E-state index is 12.6. The van der Waals surface area contributed by atoms with E-state index in [-0.39, 0.29) is 5.82 Å². The minimum atomic E-state index is -0.253. The third kappa shape index (κ3) is 2.70. The Morgan fingerprint density at radius 1 is 1.58 bits per heavy atom. The van der Waals surface area contributed by atoms with E-state index in [1.54, 1.807) is 25.3 Å². The fourth-order valence-electron chi connectivity index (χ4n) is 0.813. The molecule has 0 amide bonds. The number of benzene rings is 1. The molecule has 0 radical (unpaired) electrons. The standard InChI is InChI=1S/C9H10FNO/c1-2-11-12-7-8-4-3-5-9(10)6-8/h2-6H,7H2,1H3/b11-2+. The van der Waals surface area contributed by atoms with E-state index in [0.717, 1.165) is 5.56 Å². The van der Waals surface area contributed by atoms with Crippen LogP contribution in [0.15, 0.2) is 29.4 Å². The molecule has 0 spiro atoms. The van der Waals surface area contributed by atoms with Crippen molar-refractivity contribution in [1.29, 1.82) is 0 Å². The molecule has 1 aromatic carbocycles. The van der Waals surface area contributed by atoms with E-state index in [1.807, 2.05) is 0 Å². The van der Waals surface area contributed by atoms with Crippen molar-refractivity contribution in [1.82, 2.24) is 0 Å². The fraction of sp³-hybridized carbons (Fsp3) is 0.222. The molecule has 12 heavy (non-hydrogen) atoms. The highest BCUT2D eigenvalue weighted by molar-refractivity contribution is 5.52. The van der Waals surface area contributed by atoms with Crippen LogP contribution in [0.25, 0.3) is 0 Å². The van der Waals surface area contributed by atoms with Crippen LogP contribution < -0.4 is 0 Å². The van der Waals surface area contributed by atoms with Crippen LogP contribution in [0.2, 0.25) is 0 Å². The average Bonchev–Trinajstić information content (AvgIpc) is 2.05. The van der Waals surface area contributed by atoms with Gasteiger partial charge in [-0.1, -0.05) is 17.3 Å². The summed E-state index contributed by atoms with van der Waals surface area (Å²) in [6.07, 6.45) is 1.54. The maximum Gasteiger partial charge on any atom is 0.142 e. The molecular weight excluding hydrogens is 157 g/mol. The van der Waals surface area contributed by atoms with Gasteiger partial charge in [0.05, 0.1) is 0 Å². The van der Waals surface area contributed by atoms with E-state index < -0.39 is 0 Å². The monoisotopic (exact) mass is 167 g/mol. The molecule has 64 valence electrons. The zero-order chi connectivity index (χ0) is 8.81. The second-order valence-corrected chi connectivity index (χ2v) is 2.27. The van der Waals surface area contributed by atoms with Crippen LogP contribution in [0.3, 0.4) is 0 Å². The molecule has 1 aromatic rings. The summed E-state index contributed by atoms with van der Waals surface area (Å²) < 4.78 is 12.6. The highest BCUT2D eigenvalue weighted by Gasteiger charge is 1.93. The molecule has 0 fully saturated rings. The predicted molar refractivity (Wildman–Crippen MR) is 45.4 cm³/mol. The van der Waals surface area contributed by atoms with Crippen molar-refractivity contribution in [3.05, 3.63) is 35.6 Å². The first-order chi connectivity index (χ1) is 5.83. The molecule has 0 bridgehead atoms. The third-order valence-electron chi connectivity index (χ3n) is 1.30. The summed E-state index contributed by atoms with van der Waals surface area (Å²) in [5.41, 5.74) is 0.778. The van der Waals surface area contributed by atoms with Gasteiger partial charge in [-0.05, 0) is 24.6 Å². The van der Waals surface area contributed by atoms with Crippen molar-refractivity contribution in [2.24, 2.45) is 5.16 Å². The van der Waals surface area contributed by atoms with Crippen molar-refractivity contribution < 1.29 is 9.23 Å². The summed E-state index contributed by atoms with van der Waals surface area (Å²) in [7, 11) is 0. The Kier molecular flexibility index (Phi) is 3.26. The van der Waals surface area contributed by atoms with Crippen LogP contribution in [-0.4, -0.2) is 6.21 Å². The van der Waals surface area contributed by atoms with E-state index in [1.165, 1.54) is 12.1 Å². The first-order valence-corrected chi connectivity index (χ1v) is 3.67. The molecule has 3 heteroatoms. The normalized spacial score (nSPS) is 10.5. The highest BCUT2D eigenvalue weighted by atomic mass is 19.1. The van der Waals surface area contributed by atoms with Crippen molar-refractivity contribution in [3.8, 4) is 0 Å². The first-order valence-electron chi connectivity index (χ1n) is 3.67. The van der Waals surface area contributed by atoms with Crippen molar-refractivity contribution in [2.75, 3.05) is 0 Å². The molecule has 0 aromatic heterocycles. The lowest BCUT2D eigenvalue weighted by Gasteiger charge is -1.98. The summed E-state index contributed by atoms with van der Waals surface area (Å²) >= 11 is 0.